The number of nitrogens with two attached hydrogens (primary N) is 1. The maximum absolute atomic E-state index is 13.1. The summed E-state index contributed by atoms with van der Waals surface area (Å²) in [4.78, 5) is 3.03. The number of hydrogen-bond donors (Lipinski definition) is 1. The summed E-state index contributed by atoms with van der Waals surface area (Å²) in [5.74, 6) is 0. The summed E-state index contributed by atoms with van der Waals surface area (Å²) in [5, 5.41) is 6.99. The fourth-order valence-electron chi connectivity index (χ4n) is 2.60. The number of sulfonamides is 2. The van der Waals surface area contributed by atoms with E-state index < -0.39 is 20.0 Å². The van der Waals surface area contributed by atoms with E-state index in [-0.39, 0.29) is 16.3 Å². The van der Waals surface area contributed by atoms with Crippen molar-refractivity contribution in [1.29, 1.82) is 0 Å². The molecule has 0 saturated heterocycles. The third kappa shape index (κ3) is 5.84. The Bertz CT molecular complexity index is 920. The monoisotopic (exact) mass is 431 g/mol. The van der Waals surface area contributed by atoms with Gasteiger partial charge in [0.25, 0.3) is 0 Å². The molecule has 2 rings (SSSR count). The minimum atomic E-state index is -3.87. The second-order valence-electron chi connectivity index (χ2n) is 5.96. The van der Waals surface area contributed by atoms with Gasteiger partial charge in [0.1, 0.15) is 0 Å². The van der Waals surface area contributed by atoms with Crippen molar-refractivity contribution in [2.45, 2.75) is 30.2 Å². The van der Waals surface area contributed by atoms with E-state index in [1.54, 1.807) is 0 Å². The summed E-state index contributed by atoms with van der Waals surface area (Å²) in [7, 11) is -7.64. The Hall–Kier alpha value is -1.30. The van der Waals surface area contributed by atoms with Gasteiger partial charge in [-0.05, 0) is 48.8 Å². The van der Waals surface area contributed by atoms with Crippen molar-refractivity contribution in [2.24, 2.45) is 5.14 Å². The zero-order chi connectivity index (χ0) is 20.1. The molecule has 1 aromatic heterocycles. The Morgan fingerprint density at radius 3 is 2.00 bits per heavy atom. The van der Waals surface area contributed by atoms with Crippen molar-refractivity contribution in [3.05, 3.63) is 46.7 Å². The van der Waals surface area contributed by atoms with E-state index in [1.807, 2.05) is 31.4 Å². The fourth-order valence-corrected chi connectivity index (χ4v) is 5.33. The number of primary sulfonamides is 1. The standard InChI is InChI=1S/C17H25N3O4S3/c1-3-19(4-2)11-12-20(14-15-6-5-13-25-15)27(23,24)17-9-7-16(8-10-17)26(18,21)22/h5-10,13H,3-4,11-12,14H2,1-2H3,(H2,18,21,22). The van der Waals surface area contributed by atoms with E-state index in [2.05, 4.69) is 4.90 Å². The highest BCUT2D eigenvalue weighted by atomic mass is 32.2. The number of nitrogens with zero attached hydrogens (tertiary/aromatic N) is 2. The first-order chi connectivity index (χ1) is 12.7. The van der Waals surface area contributed by atoms with Crippen LogP contribution in [0.1, 0.15) is 18.7 Å². The van der Waals surface area contributed by atoms with Crippen LogP contribution in [0.5, 0.6) is 0 Å². The Labute approximate surface area is 165 Å². The minimum Gasteiger partial charge on any atom is -0.303 e. The molecule has 0 atom stereocenters. The van der Waals surface area contributed by atoms with Crippen molar-refractivity contribution >= 4 is 31.4 Å². The molecular formula is C17H25N3O4S3. The van der Waals surface area contributed by atoms with Crippen molar-refractivity contribution in [2.75, 3.05) is 26.2 Å². The first-order valence-electron chi connectivity index (χ1n) is 8.56. The number of thiophene rings is 1. The first-order valence-corrected chi connectivity index (χ1v) is 12.4. The van der Waals surface area contributed by atoms with Crippen LogP contribution in [0, 0.1) is 0 Å². The summed E-state index contributed by atoms with van der Waals surface area (Å²) in [5.41, 5.74) is 0. The van der Waals surface area contributed by atoms with Gasteiger partial charge >= 0.3 is 0 Å². The van der Waals surface area contributed by atoms with E-state index in [9.17, 15) is 16.8 Å². The molecule has 2 N–H and O–H groups in total. The highest BCUT2D eigenvalue weighted by molar-refractivity contribution is 7.89. The van der Waals surface area contributed by atoms with Crippen LogP contribution in [0.15, 0.2) is 51.6 Å². The number of rotatable bonds is 10. The van der Waals surface area contributed by atoms with Gasteiger partial charge in [0.05, 0.1) is 9.79 Å². The lowest BCUT2D eigenvalue weighted by atomic mass is 10.4. The molecule has 1 aromatic carbocycles. The van der Waals surface area contributed by atoms with E-state index in [1.165, 1.54) is 39.9 Å². The average Bonchev–Trinajstić information content (AvgIpc) is 3.14. The van der Waals surface area contributed by atoms with Crippen molar-refractivity contribution in [3.8, 4) is 0 Å². The molecule has 0 fully saturated rings. The number of benzene rings is 1. The van der Waals surface area contributed by atoms with Crippen LogP contribution in [0.3, 0.4) is 0 Å². The van der Waals surface area contributed by atoms with Crippen molar-refractivity contribution < 1.29 is 16.8 Å². The zero-order valence-corrected chi connectivity index (χ0v) is 17.9. The molecule has 0 amide bonds. The van der Waals surface area contributed by atoms with Gasteiger partial charge in [-0.3, -0.25) is 0 Å². The molecule has 27 heavy (non-hydrogen) atoms. The minimum absolute atomic E-state index is 0.0472. The fraction of sp³-hybridized carbons (Fsp3) is 0.412. The highest BCUT2D eigenvalue weighted by Gasteiger charge is 2.25. The summed E-state index contributed by atoms with van der Waals surface area (Å²) < 4.78 is 50.5. The van der Waals surface area contributed by atoms with Crippen LogP contribution in [0.4, 0.5) is 0 Å². The van der Waals surface area contributed by atoms with Crippen LogP contribution in [0.2, 0.25) is 0 Å². The van der Waals surface area contributed by atoms with Crippen LogP contribution < -0.4 is 5.14 Å². The molecule has 0 radical (unpaired) electrons. The largest absolute Gasteiger partial charge is 0.303 e. The van der Waals surface area contributed by atoms with Gasteiger partial charge < -0.3 is 4.90 Å². The van der Waals surface area contributed by atoms with Crippen LogP contribution >= 0.6 is 11.3 Å². The molecule has 0 aliphatic carbocycles. The summed E-state index contributed by atoms with van der Waals surface area (Å²) >= 11 is 1.50. The van der Waals surface area contributed by atoms with Gasteiger partial charge in [-0.1, -0.05) is 19.9 Å². The molecule has 0 bridgehead atoms. The average molecular weight is 432 g/mol. The lowest BCUT2D eigenvalue weighted by molar-refractivity contribution is 0.269. The van der Waals surface area contributed by atoms with Crippen LogP contribution in [-0.2, 0) is 26.6 Å². The second kappa shape index (κ2) is 9.26. The van der Waals surface area contributed by atoms with Crippen molar-refractivity contribution in [1.82, 2.24) is 9.21 Å². The molecule has 10 heteroatoms. The third-order valence-corrected chi connectivity index (χ3v) is 7.91. The van der Waals surface area contributed by atoms with E-state index in [0.29, 0.717) is 13.1 Å². The highest BCUT2D eigenvalue weighted by Crippen LogP contribution is 2.21. The Kier molecular flexibility index (Phi) is 7.55. The molecular weight excluding hydrogens is 406 g/mol. The van der Waals surface area contributed by atoms with Crippen LogP contribution in [-0.4, -0.2) is 52.2 Å². The van der Waals surface area contributed by atoms with Gasteiger partial charge in [-0.25, -0.2) is 22.0 Å². The second-order valence-corrected chi connectivity index (χ2v) is 10.5. The smallest absolute Gasteiger partial charge is 0.243 e. The zero-order valence-electron chi connectivity index (χ0n) is 15.4. The molecule has 0 unspecified atom stereocenters. The first kappa shape index (κ1) is 22.0. The van der Waals surface area contributed by atoms with E-state index >= 15 is 0 Å². The summed E-state index contributed by atoms with van der Waals surface area (Å²) in [6, 6.07) is 8.79. The quantitative estimate of drug-likeness (QED) is 0.619. The normalized spacial score (nSPS) is 12.8. The third-order valence-electron chi connectivity index (χ3n) is 4.26. The van der Waals surface area contributed by atoms with Gasteiger partial charge in [0, 0.05) is 24.5 Å². The van der Waals surface area contributed by atoms with Gasteiger partial charge in [-0.15, -0.1) is 11.3 Å². The molecule has 1 heterocycles. The molecule has 0 saturated carbocycles. The van der Waals surface area contributed by atoms with Gasteiger partial charge in [-0.2, -0.15) is 4.31 Å². The molecule has 2 aromatic rings. The summed E-state index contributed by atoms with van der Waals surface area (Å²) in [6.45, 7) is 6.99. The lowest BCUT2D eigenvalue weighted by Gasteiger charge is -2.25. The Balaban J connectivity index is 2.30. The predicted molar refractivity (Wildman–Crippen MR) is 108 cm³/mol. The Morgan fingerprint density at radius 2 is 1.52 bits per heavy atom. The molecule has 7 nitrogen and oxygen atoms in total. The number of hydrogen-bond acceptors (Lipinski definition) is 6. The maximum atomic E-state index is 13.1. The van der Waals surface area contributed by atoms with E-state index in [0.717, 1.165) is 18.0 Å². The van der Waals surface area contributed by atoms with E-state index in [4.69, 9.17) is 5.14 Å². The molecule has 0 aliphatic heterocycles. The molecule has 0 aliphatic rings. The lowest BCUT2D eigenvalue weighted by Crippen LogP contribution is -2.38. The van der Waals surface area contributed by atoms with Crippen LogP contribution in [0.25, 0.3) is 0 Å². The van der Waals surface area contributed by atoms with Gasteiger partial charge in [0.15, 0.2) is 0 Å². The molecule has 0 spiro atoms. The number of likely N-dealkylation sites (N-methyl/N-ethyl adjacent to an activating group) is 1. The van der Waals surface area contributed by atoms with Gasteiger partial charge in [0.2, 0.25) is 20.0 Å². The Morgan fingerprint density at radius 1 is 0.926 bits per heavy atom. The molecule has 150 valence electrons. The maximum Gasteiger partial charge on any atom is 0.243 e. The SMILES string of the molecule is CCN(CC)CCN(Cc1cccs1)S(=O)(=O)c1ccc(S(N)(=O)=O)cc1. The summed E-state index contributed by atoms with van der Waals surface area (Å²) in [6.07, 6.45) is 0. The predicted octanol–water partition coefficient (Wildman–Crippen LogP) is 1.93. The van der Waals surface area contributed by atoms with Crippen molar-refractivity contribution in [3.63, 3.8) is 0 Å². The topological polar surface area (TPSA) is 101 Å².